The fourth-order valence-corrected chi connectivity index (χ4v) is 3.15. The molecule has 0 radical (unpaired) electrons. The normalized spacial score (nSPS) is 17.9. The van der Waals surface area contributed by atoms with Gasteiger partial charge in [-0.2, -0.15) is 0 Å². The molecule has 1 unspecified atom stereocenters. The number of nitrogen functional groups attached to an aromatic ring is 1. The number of nitrogens with zero attached hydrogens (tertiary/aromatic N) is 1. The lowest BCUT2D eigenvalue weighted by molar-refractivity contribution is 0.611. The molecule has 4 heteroatoms. The van der Waals surface area contributed by atoms with Crippen molar-refractivity contribution in [1.82, 2.24) is 0 Å². The van der Waals surface area contributed by atoms with E-state index < -0.39 is 0 Å². The number of aryl methyl sites for hydroxylation is 1. The lowest BCUT2D eigenvalue weighted by Gasteiger charge is -2.37. The molecule has 3 rings (SSSR count). The maximum atomic E-state index is 13.6. The van der Waals surface area contributed by atoms with Crippen LogP contribution in [0.3, 0.4) is 0 Å². The minimum absolute atomic E-state index is 0.329. The van der Waals surface area contributed by atoms with Crippen LogP contribution in [0, 0.1) is 5.82 Å². The summed E-state index contributed by atoms with van der Waals surface area (Å²) >= 11 is 3.25. The summed E-state index contributed by atoms with van der Waals surface area (Å²) in [5, 5.41) is 0. The van der Waals surface area contributed by atoms with E-state index in [0.717, 1.165) is 24.2 Å². The number of hydrogen-bond donors (Lipinski definition) is 1. The van der Waals surface area contributed by atoms with Crippen LogP contribution in [0.5, 0.6) is 0 Å². The molecule has 2 aromatic rings. The van der Waals surface area contributed by atoms with Crippen LogP contribution in [-0.2, 0) is 6.42 Å². The molecular weight excluding hydrogens is 319 g/mol. The van der Waals surface area contributed by atoms with Crippen LogP contribution in [0.4, 0.5) is 21.5 Å². The first-order valence-corrected chi connectivity index (χ1v) is 7.49. The van der Waals surface area contributed by atoms with E-state index in [9.17, 15) is 4.39 Å². The van der Waals surface area contributed by atoms with Crippen molar-refractivity contribution in [3.63, 3.8) is 0 Å². The number of benzene rings is 2. The van der Waals surface area contributed by atoms with Gasteiger partial charge in [0.15, 0.2) is 0 Å². The minimum Gasteiger partial charge on any atom is -0.397 e. The summed E-state index contributed by atoms with van der Waals surface area (Å²) < 4.78 is 14.0. The average molecular weight is 335 g/mol. The van der Waals surface area contributed by atoms with Gasteiger partial charge in [0, 0.05) is 17.8 Å². The second kappa shape index (κ2) is 5.09. The number of para-hydroxylation sites is 1. The third kappa shape index (κ3) is 2.18. The summed E-state index contributed by atoms with van der Waals surface area (Å²) in [6.45, 7) is 2.17. The molecule has 0 amide bonds. The van der Waals surface area contributed by atoms with E-state index in [2.05, 4.69) is 46.0 Å². The van der Waals surface area contributed by atoms with Gasteiger partial charge in [-0.3, -0.25) is 0 Å². The third-order valence-corrected chi connectivity index (χ3v) is 4.46. The highest BCUT2D eigenvalue weighted by Crippen LogP contribution is 2.40. The van der Waals surface area contributed by atoms with Gasteiger partial charge in [-0.1, -0.05) is 18.2 Å². The van der Waals surface area contributed by atoms with Crippen molar-refractivity contribution in [2.75, 3.05) is 10.6 Å². The monoisotopic (exact) mass is 334 g/mol. The van der Waals surface area contributed by atoms with Crippen molar-refractivity contribution >= 4 is 33.0 Å². The van der Waals surface area contributed by atoms with Crippen molar-refractivity contribution in [3.05, 3.63) is 52.3 Å². The van der Waals surface area contributed by atoms with Gasteiger partial charge in [0.05, 0.1) is 15.8 Å². The van der Waals surface area contributed by atoms with Gasteiger partial charge < -0.3 is 10.6 Å². The molecule has 0 aromatic heterocycles. The quantitative estimate of drug-likeness (QED) is 0.769. The minimum atomic E-state index is -0.329. The first-order valence-electron chi connectivity index (χ1n) is 6.69. The Morgan fingerprint density at radius 3 is 2.80 bits per heavy atom. The molecule has 1 heterocycles. The van der Waals surface area contributed by atoms with E-state index in [4.69, 9.17) is 5.73 Å². The highest BCUT2D eigenvalue weighted by molar-refractivity contribution is 9.10. The highest BCUT2D eigenvalue weighted by atomic mass is 79.9. The van der Waals surface area contributed by atoms with Gasteiger partial charge in [-0.25, -0.2) is 4.39 Å². The topological polar surface area (TPSA) is 29.3 Å². The molecule has 0 spiro atoms. The summed E-state index contributed by atoms with van der Waals surface area (Å²) in [7, 11) is 0. The smallest absolute Gasteiger partial charge is 0.139 e. The lowest BCUT2D eigenvalue weighted by atomic mass is 9.95. The Labute approximate surface area is 126 Å². The molecular formula is C16H16BrFN2. The van der Waals surface area contributed by atoms with Crippen LogP contribution in [0.2, 0.25) is 0 Å². The summed E-state index contributed by atoms with van der Waals surface area (Å²) in [4.78, 5) is 2.21. The molecule has 0 saturated carbocycles. The second-order valence-electron chi connectivity index (χ2n) is 5.21. The van der Waals surface area contributed by atoms with E-state index in [-0.39, 0.29) is 5.82 Å². The zero-order valence-corrected chi connectivity index (χ0v) is 12.8. The Hall–Kier alpha value is -1.55. The number of anilines is 3. The molecule has 1 aliphatic rings. The fraction of sp³-hybridized carbons (Fsp3) is 0.250. The van der Waals surface area contributed by atoms with E-state index in [1.807, 2.05) is 6.07 Å². The van der Waals surface area contributed by atoms with Crippen LogP contribution >= 0.6 is 15.9 Å². The highest BCUT2D eigenvalue weighted by Gasteiger charge is 2.26. The zero-order chi connectivity index (χ0) is 14.3. The molecule has 104 valence electrons. The summed E-state index contributed by atoms with van der Waals surface area (Å²) in [6.07, 6.45) is 2.13. The maximum Gasteiger partial charge on any atom is 0.139 e. The molecule has 0 saturated heterocycles. The number of nitrogens with two attached hydrogens (primary N) is 1. The van der Waals surface area contributed by atoms with Crippen molar-refractivity contribution in [3.8, 4) is 0 Å². The van der Waals surface area contributed by atoms with Crippen molar-refractivity contribution < 1.29 is 4.39 Å². The van der Waals surface area contributed by atoms with Crippen LogP contribution in [0.15, 0.2) is 40.9 Å². The number of fused-ring (bicyclic) bond motifs is 1. The number of rotatable bonds is 1. The zero-order valence-electron chi connectivity index (χ0n) is 11.2. The first kappa shape index (κ1) is 13.4. The van der Waals surface area contributed by atoms with Gasteiger partial charge in [0.2, 0.25) is 0 Å². The molecule has 0 aliphatic carbocycles. The van der Waals surface area contributed by atoms with E-state index in [0.29, 0.717) is 16.2 Å². The fourth-order valence-electron chi connectivity index (χ4n) is 2.82. The van der Waals surface area contributed by atoms with Crippen molar-refractivity contribution in [2.45, 2.75) is 25.8 Å². The van der Waals surface area contributed by atoms with Crippen molar-refractivity contribution in [1.29, 1.82) is 0 Å². The SMILES string of the molecule is CC1CCc2ccccc2N1c1cc(Br)c(F)cc1N. The van der Waals surface area contributed by atoms with Crippen LogP contribution in [0.1, 0.15) is 18.9 Å². The van der Waals surface area contributed by atoms with E-state index in [1.165, 1.54) is 11.6 Å². The standard InChI is InChI=1S/C16H16BrFN2/c1-10-6-7-11-4-2-3-5-15(11)20(10)16-8-12(17)13(18)9-14(16)19/h2-5,8-10H,6-7,19H2,1H3. The summed E-state index contributed by atoms with van der Waals surface area (Å²) in [6, 6.07) is 11.8. The Balaban J connectivity index is 2.16. The van der Waals surface area contributed by atoms with Crippen LogP contribution < -0.4 is 10.6 Å². The Morgan fingerprint density at radius 2 is 2.00 bits per heavy atom. The van der Waals surface area contributed by atoms with Crippen LogP contribution in [0.25, 0.3) is 0 Å². The van der Waals surface area contributed by atoms with Crippen molar-refractivity contribution in [2.24, 2.45) is 0 Å². The molecule has 2 nitrogen and oxygen atoms in total. The molecule has 20 heavy (non-hydrogen) atoms. The van der Waals surface area contributed by atoms with Gasteiger partial charge in [0.1, 0.15) is 5.82 Å². The predicted molar refractivity (Wildman–Crippen MR) is 84.9 cm³/mol. The van der Waals surface area contributed by atoms with Crippen LogP contribution in [-0.4, -0.2) is 6.04 Å². The van der Waals surface area contributed by atoms with Gasteiger partial charge in [0.25, 0.3) is 0 Å². The molecule has 0 fully saturated rings. The average Bonchev–Trinajstić information content (AvgIpc) is 2.43. The third-order valence-electron chi connectivity index (χ3n) is 3.85. The van der Waals surface area contributed by atoms with Gasteiger partial charge in [-0.05, 0) is 53.4 Å². The maximum absolute atomic E-state index is 13.6. The number of hydrogen-bond acceptors (Lipinski definition) is 2. The number of halogens is 2. The predicted octanol–water partition coefficient (Wildman–Crippen LogP) is 4.64. The Kier molecular flexibility index (Phi) is 3.42. The molecule has 2 aromatic carbocycles. The molecule has 1 aliphatic heterocycles. The first-order chi connectivity index (χ1) is 9.58. The Morgan fingerprint density at radius 1 is 1.25 bits per heavy atom. The molecule has 0 bridgehead atoms. The Bertz CT molecular complexity index is 657. The van der Waals surface area contributed by atoms with E-state index >= 15 is 0 Å². The summed E-state index contributed by atoms with van der Waals surface area (Å²) in [5.41, 5.74) is 9.84. The van der Waals surface area contributed by atoms with Gasteiger partial charge >= 0.3 is 0 Å². The van der Waals surface area contributed by atoms with E-state index in [1.54, 1.807) is 6.07 Å². The largest absolute Gasteiger partial charge is 0.397 e. The van der Waals surface area contributed by atoms with Gasteiger partial charge in [-0.15, -0.1) is 0 Å². The second-order valence-corrected chi connectivity index (χ2v) is 6.07. The molecule has 1 atom stereocenters. The molecule has 2 N–H and O–H groups in total. The summed E-state index contributed by atoms with van der Waals surface area (Å²) in [5.74, 6) is -0.329. The lowest BCUT2D eigenvalue weighted by Crippen LogP contribution is -2.33.